The van der Waals surface area contributed by atoms with Gasteiger partial charge >= 0.3 is 0 Å². The number of amides is 1. The van der Waals surface area contributed by atoms with E-state index in [9.17, 15) is 4.79 Å². The highest BCUT2D eigenvalue weighted by atomic mass is 16.2. The molecule has 4 heteroatoms. The fourth-order valence-corrected chi connectivity index (χ4v) is 1.38. The Morgan fingerprint density at radius 3 is 2.88 bits per heavy atom. The molecule has 0 aliphatic heterocycles. The number of aromatic nitrogens is 1. The summed E-state index contributed by atoms with van der Waals surface area (Å²) in [6.07, 6.45) is 1.59. The largest absolute Gasteiger partial charge is 0.336 e. The number of hydrogen-bond acceptors (Lipinski definition) is 3. The van der Waals surface area contributed by atoms with Crippen LogP contribution in [0, 0.1) is 17.2 Å². The molecule has 1 amide bonds. The van der Waals surface area contributed by atoms with Gasteiger partial charge in [-0.15, -0.1) is 0 Å². The van der Waals surface area contributed by atoms with Crippen molar-refractivity contribution in [3.05, 3.63) is 30.1 Å². The summed E-state index contributed by atoms with van der Waals surface area (Å²) < 4.78 is 0. The first-order chi connectivity index (χ1) is 7.69. The van der Waals surface area contributed by atoms with Crippen molar-refractivity contribution in [2.45, 2.75) is 13.8 Å². The molecule has 4 nitrogen and oxygen atoms in total. The van der Waals surface area contributed by atoms with Gasteiger partial charge in [-0.05, 0) is 26.0 Å². The second kappa shape index (κ2) is 5.86. The van der Waals surface area contributed by atoms with Gasteiger partial charge in [-0.3, -0.25) is 9.78 Å². The minimum atomic E-state index is -0.160. The molecule has 0 spiro atoms. The Balaban J connectivity index is 2.75. The van der Waals surface area contributed by atoms with Crippen LogP contribution >= 0.6 is 0 Å². The van der Waals surface area contributed by atoms with Gasteiger partial charge in [-0.25, -0.2) is 0 Å². The van der Waals surface area contributed by atoms with Gasteiger partial charge in [-0.2, -0.15) is 5.26 Å². The zero-order valence-corrected chi connectivity index (χ0v) is 9.55. The Morgan fingerprint density at radius 2 is 2.38 bits per heavy atom. The maximum atomic E-state index is 12.0. The van der Waals surface area contributed by atoms with Crippen molar-refractivity contribution in [3.63, 3.8) is 0 Å². The lowest BCUT2D eigenvalue weighted by molar-refractivity contribution is 0.0747. The van der Waals surface area contributed by atoms with Gasteiger partial charge in [-0.1, -0.05) is 6.07 Å². The molecule has 0 radical (unpaired) electrons. The molecule has 0 aliphatic rings. The lowest BCUT2D eigenvalue weighted by atomic mass is 10.2. The number of rotatable bonds is 4. The van der Waals surface area contributed by atoms with Crippen LogP contribution in [0.2, 0.25) is 0 Å². The molecule has 0 aromatic carbocycles. The van der Waals surface area contributed by atoms with Crippen LogP contribution in [0.15, 0.2) is 24.4 Å². The van der Waals surface area contributed by atoms with Gasteiger partial charge in [0.15, 0.2) is 0 Å². The van der Waals surface area contributed by atoms with Crippen molar-refractivity contribution in [1.29, 1.82) is 5.26 Å². The highest BCUT2D eigenvalue weighted by molar-refractivity contribution is 5.92. The summed E-state index contributed by atoms with van der Waals surface area (Å²) in [5, 5.41) is 8.73. The van der Waals surface area contributed by atoms with E-state index in [0.717, 1.165) is 0 Å². The number of carbonyl (C=O) groups excluding carboxylic acids is 1. The predicted molar refractivity (Wildman–Crippen MR) is 60.6 cm³/mol. The maximum Gasteiger partial charge on any atom is 0.272 e. The second-order valence-corrected chi connectivity index (χ2v) is 3.59. The maximum absolute atomic E-state index is 12.0. The summed E-state index contributed by atoms with van der Waals surface area (Å²) in [6, 6.07) is 7.35. The highest BCUT2D eigenvalue weighted by Crippen LogP contribution is 2.04. The van der Waals surface area contributed by atoms with E-state index in [1.54, 1.807) is 36.2 Å². The Morgan fingerprint density at radius 1 is 1.62 bits per heavy atom. The number of hydrogen-bond donors (Lipinski definition) is 0. The van der Waals surface area contributed by atoms with E-state index < -0.39 is 0 Å². The molecule has 1 aromatic heterocycles. The van der Waals surface area contributed by atoms with Gasteiger partial charge in [0.25, 0.3) is 5.91 Å². The van der Waals surface area contributed by atoms with E-state index in [2.05, 4.69) is 11.1 Å². The van der Waals surface area contributed by atoms with Crippen LogP contribution in [-0.4, -0.2) is 28.9 Å². The van der Waals surface area contributed by atoms with Crippen LogP contribution in [0.25, 0.3) is 0 Å². The van der Waals surface area contributed by atoms with E-state index in [4.69, 9.17) is 5.26 Å². The van der Waals surface area contributed by atoms with Crippen LogP contribution in [0.3, 0.4) is 0 Å². The van der Waals surface area contributed by atoms with Crippen LogP contribution in [-0.2, 0) is 0 Å². The quantitative estimate of drug-likeness (QED) is 0.771. The van der Waals surface area contributed by atoms with E-state index in [-0.39, 0.29) is 11.8 Å². The van der Waals surface area contributed by atoms with Crippen LogP contribution in [0.4, 0.5) is 0 Å². The monoisotopic (exact) mass is 217 g/mol. The Kier molecular flexibility index (Phi) is 4.46. The van der Waals surface area contributed by atoms with Crippen molar-refractivity contribution in [2.24, 2.45) is 5.92 Å². The van der Waals surface area contributed by atoms with Gasteiger partial charge in [0, 0.05) is 19.3 Å². The van der Waals surface area contributed by atoms with Gasteiger partial charge in [0.2, 0.25) is 0 Å². The third-order valence-corrected chi connectivity index (χ3v) is 2.27. The molecule has 1 unspecified atom stereocenters. The SMILES string of the molecule is CCN(CC(C)C#N)C(=O)c1ccccn1. The molecule has 1 aromatic rings. The van der Waals surface area contributed by atoms with Crippen LogP contribution < -0.4 is 0 Å². The minimum absolute atomic E-state index is 0.120. The summed E-state index contributed by atoms with van der Waals surface area (Å²) in [5.74, 6) is -0.280. The summed E-state index contributed by atoms with van der Waals surface area (Å²) in [6.45, 7) is 4.73. The highest BCUT2D eigenvalue weighted by Gasteiger charge is 2.16. The molecule has 0 saturated carbocycles. The molecule has 0 N–H and O–H groups in total. The minimum Gasteiger partial charge on any atom is -0.336 e. The number of nitriles is 1. The third kappa shape index (κ3) is 3.06. The Labute approximate surface area is 95.5 Å². The van der Waals surface area contributed by atoms with Crippen molar-refractivity contribution < 1.29 is 4.79 Å². The van der Waals surface area contributed by atoms with Gasteiger partial charge in [0.05, 0.1) is 12.0 Å². The second-order valence-electron chi connectivity index (χ2n) is 3.59. The lowest BCUT2D eigenvalue weighted by Crippen LogP contribution is -2.34. The lowest BCUT2D eigenvalue weighted by Gasteiger charge is -2.21. The van der Waals surface area contributed by atoms with E-state index in [1.807, 2.05) is 6.92 Å². The molecule has 0 aliphatic carbocycles. The first-order valence-corrected chi connectivity index (χ1v) is 5.29. The summed E-state index contributed by atoms with van der Waals surface area (Å²) in [5.41, 5.74) is 0.425. The van der Waals surface area contributed by atoms with Crippen LogP contribution in [0.5, 0.6) is 0 Å². The van der Waals surface area contributed by atoms with Crippen molar-refractivity contribution >= 4 is 5.91 Å². The molecule has 1 atom stereocenters. The molecule has 1 heterocycles. The molecule has 16 heavy (non-hydrogen) atoms. The summed E-state index contributed by atoms with van der Waals surface area (Å²) in [4.78, 5) is 17.6. The van der Waals surface area contributed by atoms with Gasteiger partial charge < -0.3 is 4.90 Å². The number of nitrogens with zero attached hydrogens (tertiary/aromatic N) is 3. The zero-order chi connectivity index (χ0) is 12.0. The van der Waals surface area contributed by atoms with Crippen molar-refractivity contribution in [2.75, 3.05) is 13.1 Å². The van der Waals surface area contributed by atoms with Crippen molar-refractivity contribution in [3.8, 4) is 6.07 Å². The first kappa shape index (κ1) is 12.2. The standard InChI is InChI=1S/C12H15N3O/c1-3-15(9-10(2)8-13)12(16)11-6-4-5-7-14-11/h4-7,10H,3,9H2,1-2H3. The molecule has 0 bridgehead atoms. The first-order valence-electron chi connectivity index (χ1n) is 5.29. The van der Waals surface area contributed by atoms with E-state index in [1.165, 1.54) is 0 Å². The average molecular weight is 217 g/mol. The fraction of sp³-hybridized carbons (Fsp3) is 0.417. The Bertz CT molecular complexity index is 383. The molecule has 0 saturated heterocycles. The predicted octanol–water partition coefficient (Wildman–Crippen LogP) is 1.70. The molecule has 0 fully saturated rings. The van der Waals surface area contributed by atoms with Crippen LogP contribution in [0.1, 0.15) is 24.3 Å². The molecular formula is C12H15N3O. The number of carbonyl (C=O) groups is 1. The van der Waals surface area contributed by atoms with Gasteiger partial charge in [0.1, 0.15) is 5.69 Å². The Hall–Kier alpha value is -1.89. The number of pyridine rings is 1. The summed E-state index contributed by atoms with van der Waals surface area (Å²) >= 11 is 0. The fourth-order valence-electron chi connectivity index (χ4n) is 1.38. The molecule has 1 rings (SSSR count). The zero-order valence-electron chi connectivity index (χ0n) is 9.55. The topological polar surface area (TPSA) is 57.0 Å². The van der Waals surface area contributed by atoms with E-state index >= 15 is 0 Å². The normalized spacial score (nSPS) is 11.6. The third-order valence-electron chi connectivity index (χ3n) is 2.27. The smallest absolute Gasteiger partial charge is 0.272 e. The van der Waals surface area contributed by atoms with Crippen molar-refractivity contribution in [1.82, 2.24) is 9.88 Å². The van der Waals surface area contributed by atoms with E-state index in [0.29, 0.717) is 18.8 Å². The summed E-state index contributed by atoms with van der Waals surface area (Å²) in [7, 11) is 0. The molecular weight excluding hydrogens is 202 g/mol. The molecule has 84 valence electrons. The average Bonchev–Trinajstić information content (AvgIpc) is 2.35.